The lowest BCUT2D eigenvalue weighted by Gasteiger charge is -2.39. The highest BCUT2D eigenvalue weighted by Crippen LogP contribution is 2.39. The van der Waals surface area contributed by atoms with Crippen LogP contribution >= 0.6 is 0 Å². The summed E-state index contributed by atoms with van der Waals surface area (Å²) < 4.78 is 7.00. The van der Waals surface area contributed by atoms with Gasteiger partial charge in [0.15, 0.2) is 0 Å². The fraction of sp³-hybridized carbons (Fsp3) is 0.800. The van der Waals surface area contributed by atoms with Crippen molar-refractivity contribution >= 4 is 5.69 Å². The second-order valence-corrected chi connectivity index (χ2v) is 6.74. The van der Waals surface area contributed by atoms with Gasteiger partial charge in [0.2, 0.25) is 0 Å². The third-order valence-corrected chi connectivity index (χ3v) is 3.92. The van der Waals surface area contributed by atoms with E-state index in [2.05, 4.69) is 37.4 Å². The van der Waals surface area contributed by atoms with Crippen LogP contribution in [0.5, 0.6) is 0 Å². The van der Waals surface area contributed by atoms with Crippen LogP contribution in [0.3, 0.4) is 0 Å². The predicted molar refractivity (Wildman–Crippen MR) is 78.3 cm³/mol. The van der Waals surface area contributed by atoms with E-state index in [4.69, 9.17) is 4.74 Å². The Morgan fingerprint density at radius 3 is 2.95 bits per heavy atom. The first kappa shape index (κ1) is 14.4. The quantitative estimate of drug-likeness (QED) is 0.889. The SMILES string of the molecule is COCCn1cc(NC2CC(C)CC(C)(C)C2)cn1. The van der Waals surface area contributed by atoms with Gasteiger partial charge in [0.1, 0.15) is 0 Å². The van der Waals surface area contributed by atoms with Crippen LogP contribution in [-0.4, -0.2) is 29.5 Å². The maximum Gasteiger partial charge on any atom is 0.0728 e. The van der Waals surface area contributed by atoms with Crippen molar-refractivity contribution in [3.8, 4) is 0 Å². The highest BCUT2D eigenvalue weighted by atomic mass is 16.5. The molecule has 2 unspecified atom stereocenters. The molecule has 0 aromatic carbocycles. The van der Waals surface area contributed by atoms with E-state index in [-0.39, 0.29) is 0 Å². The first-order chi connectivity index (χ1) is 8.98. The Morgan fingerprint density at radius 1 is 1.47 bits per heavy atom. The predicted octanol–water partition coefficient (Wildman–Crippen LogP) is 3.16. The summed E-state index contributed by atoms with van der Waals surface area (Å²) in [5.41, 5.74) is 1.58. The minimum atomic E-state index is 0.446. The van der Waals surface area contributed by atoms with Crippen LogP contribution in [0.1, 0.15) is 40.0 Å². The van der Waals surface area contributed by atoms with E-state index in [1.54, 1.807) is 7.11 Å². The molecule has 1 heterocycles. The largest absolute Gasteiger partial charge is 0.383 e. The van der Waals surface area contributed by atoms with Gasteiger partial charge in [-0.05, 0) is 30.6 Å². The van der Waals surface area contributed by atoms with Crippen molar-refractivity contribution in [2.75, 3.05) is 19.0 Å². The number of ether oxygens (including phenoxy) is 1. The fourth-order valence-electron chi connectivity index (χ4n) is 3.44. The molecule has 2 rings (SSSR count). The zero-order valence-corrected chi connectivity index (χ0v) is 12.6. The van der Waals surface area contributed by atoms with Gasteiger partial charge in [0.05, 0.1) is 25.0 Å². The summed E-state index contributed by atoms with van der Waals surface area (Å²) in [5, 5.41) is 7.99. The molecule has 0 radical (unpaired) electrons. The van der Waals surface area contributed by atoms with Crippen LogP contribution in [-0.2, 0) is 11.3 Å². The average Bonchev–Trinajstić information content (AvgIpc) is 2.71. The maximum atomic E-state index is 5.07. The van der Waals surface area contributed by atoms with Crippen molar-refractivity contribution < 1.29 is 4.74 Å². The van der Waals surface area contributed by atoms with Gasteiger partial charge in [-0.2, -0.15) is 5.10 Å². The van der Waals surface area contributed by atoms with E-state index in [1.807, 2.05) is 10.9 Å². The zero-order valence-electron chi connectivity index (χ0n) is 12.6. The zero-order chi connectivity index (χ0) is 13.9. The fourth-order valence-corrected chi connectivity index (χ4v) is 3.44. The van der Waals surface area contributed by atoms with Crippen molar-refractivity contribution in [1.29, 1.82) is 0 Å². The molecule has 0 bridgehead atoms. The number of nitrogens with zero attached hydrogens (tertiary/aromatic N) is 2. The highest BCUT2D eigenvalue weighted by molar-refractivity contribution is 5.39. The number of nitrogens with one attached hydrogen (secondary N) is 1. The highest BCUT2D eigenvalue weighted by Gasteiger charge is 2.31. The average molecular weight is 265 g/mol. The van der Waals surface area contributed by atoms with E-state index >= 15 is 0 Å². The Morgan fingerprint density at radius 2 is 2.26 bits per heavy atom. The summed E-state index contributed by atoms with van der Waals surface area (Å²) in [6.07, 6.45) is 7.82. The van der Waals surface area contributed by atoms with Crippen LogP contribution in [0, 0.1) is 11.3 Å². The molecule has 4 nitrogen and oxygen atoms in total. The molecule has 1 N–H and O–H groups in total. The van der Waals surface area contributed by atoms with E-state index < -0.39 is 0 Å². The van der Waals surface area contributed by atoms with E-state index in [9.17, 15) is 0 Å². The molecule has 1 fully saturated rings. The normalized spacial score (nSPS) is 26.3. The Balaban J connectivity index is 1.91. The summed E-state index contributed by atoms with van der Waals surface area (Å²) in [6.45, 7) is 8.62. The van der Waals surface area contributed by atoms with Gasteiger partial charge in [0.25, 0.3) is 0 Å². The molecule has 1 saturated carbocycles. The Kier molecular flexibility index (Phi) is 4.50. The van der Waals surface area contributed by atoms with Crippen LogP contribution in [0.15, 0.2) is 12.4 Å². The van der Waals surface area contributed by atoms with Gasteiger partial charge in [-0.15, -0.1) is 0 Å². The van der Waals surface area contributed by atoms with Gasteiger partial charge in [-0.1, -0.05) is 20.8 Å². The summed E-state index contributed by atoms with van der Waals surface area (Å²) in [4.78, 5) is 0. The molecule has 2 atom stereocenters. The van der Waals surface area contributed by atoms with Gasteiger partial charge < -0.3 is 10.1 Å². The van der Waals surface area contributed by atoms with Crippen LogP contribution < -0.4 is 5.32 Å². The molecular weight excluding hydrogens is 238 g/mol. The molecule has 0 saturated heterocycles. The Hall–Kier alpha value is -1.03. The number of anilines is 1. The topological polar surface area (TPSA) is 39.1 Å². The third kappa shape index (κ3) is 4.23. The molecule has 108 valence electrons. The summed E-state index contributed by atoms with van der Waals surface area (Å²) >= 11 is 0. The maximum absolute atomic E-state index is 5.07. The smallest absolute Gasteiger partial charge is 0.0728 e. The Bertz CT molecular complexity index is 400. The summed E-state index contributed by atoms with van der Waals surface area (Å²) in [5.74, 6) is 0.796. The lowest BCUT2D eigenvalue weighted by atomic mass is 9.70. The number of hydrogen-bond donors (Lipinski definition) is 1. The van der Waals surface area contributed by atoms with Crippen molar-refractivity contribution in [1.82, 2.24) is 9.78 Å². The molecular formula is C15H27N3O. The first-order valence-corrected chi connectivity index (χ1v) is 7.26. The summed E-state index contributed by atoms with van der Waals surface area (Å²) in [6, 6.07) is 0.568. The van der Waals surface area contributed by atoms with Crippen LogP contribution in [0.2, 0.25) is 0 Å². The third-order valence-electron chi connectivity index (χ3n) is 3.92. The standard InChI is InChI=1S/C15H27N3O/c1-12-7-13(9-15(2,3)8-12)17-14-10-16-18(11-14)5-6-19-4/h10-13,17H,5-9H2,1-4H3. The number of methoxy groups -OCH3 is 1. The minimum absolute atomic E-state index is 0.446. The molecule has 0 aliphatic heterocycles. The molecule has 19 heavy (non-hydrogen) atoms. The lowest BCUT2D eigenvalue weighted by Crippen LogP contribution is -2.35. The lowest BCUT2D eigenvalue weighted by molar-refractivity contribution is 0.178. The number of aromatic nitrogens is 2. The molecule has 1 aromatic heterocycles. The Labute approximate surface area is 116 Å². The van der Waals surface area contributed by atoms with Gasteiger partial charge in [-0.3, -0.25) is 4.68 Å². The summed E-state index contributed by atoms with van der Waals surface area (Å²) in [7, 11) is 1.72. The second-order valence-electron chi connectivity index (χ2n) is 6.74. The minimum Gasteiger partial charge on any atom is -0.383 e. The monoisotopic (exact) mass is 265 g/mol. The molecule has 1 aromatic rings. The molecule has 4 heteroatoms. The van der Waals surface area contributed by atoms with Crippen LogP contribution in [0.25, 0.3) is 0 Å². The van der Waals surface area contributed by atoms with E-state index in [0.29, 0.717) is 18.1 Å². The number of hydrogen-bond acceptors (Lipinski definition) is 3. The van der Waals surface area contributed by atoms with Gasteiger partial charge in [0, 0.05) is 19.3 Å². The molecule has 0 amide bonds. The van der Waals surface area contributed by atoms with Crippen molar-refractivity contribution in [3.63, 3.8) is 0 Å². The van der Waals surface area contributed by atoms with Gasteiger partial charge >= 0.3 is 0 Å². The van der Waals surface area contributed by atoms with Crippen molar-refractivity contribution in [2.45, 2.75) is 52.6 Å². The van der Waals surface area contributed by atoms with Crippen molar-refractivity contribution in [2.24, 2.45) is 11.3 Å². The second kappa shape index (κ2) is 5.95. The molecule has 0 spiro atoms. The van der Waals surface area contributed by atoms with E-state index in [0.717, 1.165) is 18.2 Å². The van der Waals surface area contributed by atoms with Crippen molar-refractivity contribution in [3.05, 3.63) is 12.4 Å². The van der Waals surface area contributed by atoms with Crippen LogP contribution in [0.4, 0.5) is 5.69 Å². The first-order valence-electron chi connectivity index (χ1n) is 7.26. The number of rotatable bonds is 5. The van der Waals surface area contributed by atoms with Gasteiger partial charge in [-0.25, -0.2) is 0 Å². The molecule has 1 aliphatic rings. The van der Waals surface area contributed by atoms with E-state index in [1.165, 1.54) is 19.3 Å². The molecule has 1 aliphatic carbocycles.